The number of unbranched alkanes of at least 4 members (excludes halogenated alkanes) is 4. The summed E-state index contributed by atoms with van der Waals surface area (Å²) >= 11 is 0. The summed E-state index contributed by atoms with van der Waals surface area (Å²) in [6.07, 6.45) is 13.7. The Hall–Kier alpha value is -2.80. The number of fused-ring (bicyclic) bond motifs is 1. The van der Waals surface area contributed by atoms with Crippen molar-refractivity contribution in [2.75, 3.05) is 0 Å². The molecule has 0 bridgehead atoms. The highest BCUT2D eigenvalue weighted by atomic mass is 19.1. The van der Waals surface area contributed by atoms with E-state index >= 15 is 4.39 Å². The lowest BCUT2D eigenvalue weighted by atomic mass is 9.76. The predicted octanol–water partition coefficient (Wildman–Crippen LogP) is 9.55. The summed E-state index contributed by atoms with van der Waals surface area (Å²) < 4.78 is 43.1. The zero-order valence-electron chi connectivity index (χ0n) is 21.3. The number of halogens is 3. The molecular formula is C32H36F3N. The van der Waals surface area contributed by atoms with Gasteiger partial charge in [0.1, 0.15) is 29.1 Å². The Morgan fingerprint density at radius 3 is 2.25 bits per heavy atom. The van der Waals surface area contributed by atoms with Gasteiger partial charge in [-0.2, -0.15) is 5.26 Å². The molecule has 0 atom stereocenters. The molecule has 0 unspecified atom stereocenters. The first-order chi connectivity index (χ1) is 17.5. The van der Waals surface area contributed by atoms with Crippen LogP contribution in [0.1, 0.15) is 99.3 Å². The summed E-state index contributed by atoms with van der Waals surface area (Å²) in [6.45, 7) is 2.26. The van der Waals surface area contributed by atoms with E-state index in [1.807, 2.05) is 12.1 Å². The lowest BCUT2D eigenvalue weighted by Crippen LogP contribution is -2.13. The summed E-state index contributed by atoms with van der Waals surface area (Å²) in [5.41, 5.74) is 1.66. The van der Waals surface area contributed by atoms with Gasteiger partial charge in [-0.1, -0.05) is 75.8 Å². The van der Waals surface area contributed by atoms with Crippen molar-refractivity contribution in [1.29, 1.82) is 5.26 Å². The zero-order valence-corrected chi connectivity index (χ0v) is 21.3. The normalized spacial score (nSPS) is 17.9. The molecule has 0 heterocycles. The third-order valence-electron chi connectivity index (χ3n) is 7.99. The van der Waals surface area contributed by atoms with Crippen LogP contribution in [0.3, 0.4) is 0 Å². The minimum atomic E-state index is -0.875. The quantitative estimate of drug-likeness (QED) is 0.259. The number of nitrogens with zero attached hydrogens (tertiary/aromatic N) is 1. The van der Waals surface area contributed by atoms with E-state index in [0.29, 0.717) is 35.3 Å². The Bertz CT molecular complexity index is 1200. The van der Waals surface area contributed by atoms with Crippen LogP contribution in [0.4, 0.5) is 13.2 Å². The second-order valence-electron chi connectivity index (χ2n) is 10.5. The molecule has 1 aliphatic rings. The molecule has 36 heavy (non-hydrogen) atoms. The fourth-order valence-corrected chi connectivity index (χ4v) is 5.78. The highest BCUT2D eigenvalue weighted by Crippen LogP contribution is 2.39. The van der Waals surface area contributed by atoms with Gasteiger partial charge in [-0.15, -0.1) is 0 Å². The maximum absolute atomic E-state index is 15.3. The van der Waals surface area contributed by atoms with Gasteiger partial charge in [0.2, 0.25) is 0 Å². The lowest BCUT2D eigenvalue weighted by molar-refractivity contribution is 0.302. The molecule has 4 rings (SSSR count). The first kappa shape index (κ1) is 26.3. The molecule has 0 amide bonds. The van der Waals surface area contributed by atoms with E-state index in [4.69, 9.17) is 5.26 Å². The lowest BCUT2D eigenvalue weighted by Gasteiger charge is -2.29. The van der Waals surface area contributed by atoms with E-state index in [2.05, 4.69) is 19.1 Å². The van der Waals surface area contributed by atoms with E-state index in [0.717, 1.165) is 23.4 Å². The molecule has 3 aromatic rings. The Labute approximate surface area is 213 Å². The van der Waals surface area contributed by atoms with Gasteiger partial charge < -0.3 is 0 Å². The summed E-state index contributed by atoms with van der Waals surface area (Å²) in [4.78, 5) is 0. The Kier molecular flexibility index (Phi) is 9.08. The van der Waals surface area contributed by atoms with Crippen LogP contribution in [0.15, 0.2) is 42.5 Å². The molecule has 1 nitrogen and oxygen atoms in total. The van der Waals surface area contributed by atoms with Gasteiger partial charge in [-0.25, -0.2) is 13.2 Å². The van der Waals surface area contributed by atoms with Crippen molar-refractivity contribution < 1.29 is 13.2 Å². The molecule has 1 fully saturated rings. The minimum Gasteiger partial charge on any atom is -0.206 e. The van der Waals surface area contributed by atoms with Gasteiger partial charge in [0.05, 0.1) is 0 Å². The third-order valence-corrected chi connectivity index (χ3v) is 7.99. The summed E-state index contributed by atoms with van der Waals surface area (Å²) in [6, 6.07) is 13.7. The van der Waals surface area contributed by atoms with Crippen LogP contribution in [-0.4, -0.2) is 0 Å². The number of aryl methyl sites for hydroxylation is 2. The van der Waals surface area contributed by atoms with Crippen LogP contribution in [0.5, 0.6) is 0 Å². The Morgan fingerprint density at radius 2 is 1.56 bits per heavy atom. The van der Waals surface area contributed by atoms with Crippen LogP contribution in [-0.2, 0) is 12.8 Å². The van der Waals surface area contributed by atoms with Crippen LogP contribution in [0.25, 0.3) is 10.8 Å². The molecular weight excluding hydrogens is 455 g/mol. The summed E-state index contributed by atoms with van der Waals surface area (Å²) in [7, 11) is 0. The first-order valence-electron chi connectivity index (χ1n) is 13.6. The second-order valence-corrected chi connectivity index (χ2v) is 10.5. The standard InChI is InChI=1S/C32H36F3N/c1-2-3-4-5-6-7-22-8-11-24(12-9-22)26-16-17-28-27(20-26)15-14-25(32(28)35)13-10-23-18-30(33)29(21-36)31(34)19-23/h14-20,22,24H,2-13H2,1H3. The number of hydrogen-bond donors (Lipinski definition) is 0. The van der Waals surface area contributed by atoms with E-state index in [9.17, 15) is 8.78 Å². The van der Waals surface area contributed by atoms with Gasteiger partial charge in [0.15, 0.2) is 0 Å². The number of nitriles is 1. The van der Waals surface area contributed by atoms with Crippen LogP contribution in [0, 0.1) is 34.7 Å². The topological polar surface area (TPSA) is 23.8 Å². The van der Waals surface area contributed by atoms with Crippen molar-refractivity contribution in [3.05, 3.63) is 82.2 Å². The molecule has 3 aromatic carbocycles. The molecule has 0 aromatic heterocycles. The number of benzene rings is 3. The van der Waals surface area contributed by atoms with E-state index in [1.165, 1.54) is 75.8 Å². The maximum Gasteiger partial charge on any atom is 0.144 e. The van der Waals surface area contributed by atoms with Crippen molar-refractivity contribution >= 4 is 10.8 Å². The molecule has 0 radical (unpaired) electrons. The zero-order chi connectivity index (χ0) is 25.5. The van der Waals surface area contributed by atoms with Crippen LogP contribution < -0.4 is 0 Å². The second kappa shape index (κ2) is 12.4. The van der Waals surface area contributed by atoms with Crippen molar-refractivity contribution in [2.45, 2.75) is 89.9 Å². The molecule has 1 saturated carbocycles. The van der Waals surface area contributed by atoms with E-state index < -0.39 is 17.2 Å². The Morgan fingerprint density at radius 1 is 0.833 bits per heavy atom. The highest BCUT2D eigenvalue weighted by molar-refractivity contribution is 5.84. The van der Waals surface area contributed by atoms with Crippen LogP contribution >= 0.6 is 0 Å². The molecule has 0 saturated heterocycles. The van der Waals surface area contributed by atoms with E-state index in [-0.39, 0.29) is 5.82 Å². The van der Waals surface area contributed by atoms with Crippen molar-refractivity contribution in [3.8, 4) is 6.07 Å². The summed E-state index contributed by atoms with van der Waals surface area (Å²) in [5, 5.41) is 10.3. The van der Waals surface area contributed by atoms with E-state index in [1.54, 1.807) is 6.07 Å². The molecule has 0 aliphatic heterocycles. The largest absolute Gasteiger partial charge is 0.206 e. The van der Waals surface area contributed by atoms with Crippen molar-refractivity contribution in [2.24, 2.45) is 5.92 Å². The van der Waals surface area contributed by atoms with Crippen molar-refractivity contribution in [1.82, 2.24) is 0 Å². The molecule has 0 N–H and O–H groups in total. The van der Waals surface area contributed by atoms with Gasteiger partial charge in [-0.3, -0.25) is 0 Å². The fourth-order valence-electron chi connectivity index (χ4n) is 5.78. The monoisotopic (exact) mass is 491 g/mol. The number of hydrogen-bond acceptors (Lipinski definition) is 1. The predicted molar refractivity (Wildman–Crippen MR) is 140 cm³/mol. The number of rotatable bonds is 10. The smallest absolute Gasteiger partial charge is 0.144 e. The fraction of sp³-hybridized carbons (Fsp3) is 0.469. The average molecular weight is 492 g/mol. The summed E-state index contributed by atoms with van der Waals surface area (Å²) in [5.74, 6) is -0.600. The maximum atomic E-state index is 15.3. The van der Waals surface area contributed by atoms with Gasteiger partial charge in [0, 0.05) is 5.39 Å². The molecule has 0 spiro atoms. The molecule has 1 aliphatic carbocycles. The SMILES string of the molecule is CCCCCCCC1CCC(c2ccc3c(F)c(CCc4cc(F)c(C#N)c(F)c4)ccc3c2)CC1. The highest BCUT2D eigenvalue weighted by Gasteiger charge is 2.22. The first-order valence-corrected chi connectivity index (χ1v) is 13.6. The Balaban J connectivity index is 1.36. The van der Waals surface area contributed by atoms with Crippen molar-refractivity contribution in [3.63, 3.8) is 0 Å². The van der Waals surface area contributed by atoms with Gasteiger partial charge >= 0.3 is 0 Å². The van der Waals surface area contributed by atoms with Gasteiger partial charge in [-0.05, 0) is 84.6 Å². The minimum absolute atomic E-state index is 0.263. The molecule has 190 valence electrons. The molecule has 4 heteroatoms. The third kappa shape index (κ3) is 6.30. The van der Waals surface area contributed by atoms with Crippen LogP contribution in [0.2, 0.25) is 0 Å². The van der Waals surface area contributed by atoms with Gasteiger partial charge in [0.25, 0.3) is 0 Å². The average Bonchev–Trinajstić information content (AvgIpc) is 2.88.